The van der Waals surface area contributed by atoms with Gasteiger partial charge in [-0.2, -0.15) is 11.8 Å². The SMILES string of the molecule is CCCCC/C=C\C/C=C\CCCCCCCCSC(CCCCCC/C=C\C/C=C\CCCCC)C(SCCCCCCCC/C=C\C/C=C\CCCCC)SCCCCCCCC/C=C\C/C=C\CCCCC. The number of allylic oxidation sites excluding steroid dienone is 16. The molecular weight excluding hydrogens is 961 g/mol. The van der Waals surface area contributed by atoms with Crippen LogP contribution < -0.4 is 0 Å². The van der Waals surface area contributed by atoms with Crippen LogP contribution in [0.1, 0.15) is 329 Å². The molecule has 0 aromatic rings. The summed E-state index contributed by atoms with van der Waals surface area (Å²) in [5.74, 6) is 4.08. The lowest BCUT2D eigenvalue weighted by atomic mass is 10.1. The third-order valence-electron chi connectivity index (χ3n) is 14.4. The summed E-state index contributed by atoms with van der Waals surface area (Å²) in [6.45, 7) is 9.16. The monoisotopic (exact) mass is 1090 g/mol. The van der Waals surface area contributed by atoms with Crippen molar-refractivity contribution in [2.24, 2.45) is 0 Å². The van der Waals surface area contributed by atoms with Crippen LogP contribution in [-0.4, -0.2) is 27.1 Å². The van der Waals surface area contributed by atoms with Crippen molar-refractivity contribution in [2.45, 2.75) is 339 Å². The van der Waals surface area contributed by atoms with Crippen LogP contribution in [0.4, 0.5) is 0 Å². The molecule has 1 atom stereocenters. The summed E-state index contributed by atoms with van der Waals surface area (Å²) in [5.41, 5.74) is 0. The van der Waals surface area contributed by atoms with Gasteiger partial charge in [0.2, 0.25) is 0 Å². The molecule has 0 rings (SSSR count). The minimum atomic E-state index is 0.758. The zero-order valence-corrected chi connectivity index (χ0v) is 53.4. The van der Waals surface area contributed by atoms with Gasteiger partial charge in [0.05, 0.1) is 4.58 Å². The second-order valence-corrected chi connectivity index (χ2v) is 26.1. The Hall–Kier alpha value is -1.03. The number of thioether (sulfide) groups is 3. The molecule has 0 N–H and O–H groups in total. The number of unbranched alkanes of at least 4 members (excludes halogenated alkanes) is 34. The van der Waals surface area contributed by atoms with Crippen LogP contribution in [0.3, 0.4) is 0 Å². The largest absolute Gasteiger partial charge is 0.157 e. The van der Waals surface area contributed by atoms with E-state index in [-0.39, 0.29) is 0 Å². The standard InChI is InChI=1S/C72H130S3/c1-5-9-13-17-21-25-29-33-37-40-44-48-52-56-60-64-68-73-71(67-63-59-55-51-47-43-36-32-28-24-20-16-12-8-4)72(74-69-65-61-57-53-49-45-41-38-34-30-26-22-18-14-10-6-2)75-70-66-62-58-54-50-46-42-39-35-31-27-23-19-15-11-7-3/h21-28,33-39,43,71-72H,5-20,29-32,40-42,44-70H2,1-4H3/b25-21-,26-22-,27-23-,28-24-,37-33-,38-34-,39-35-,43-36-. The summed E-state index contributed by atoms with van der Waals surface area (Å²) in [7, 11) is 0. The highest BCUT2D eigenvalue weighted by Crippen LogP contribution is 2.38. The molecule has 0 aromatic heterocycles. The second-order valence-electron chi connectivity index (χ2n) is 21.9. The second kappa shape index (κ2) is 69.1. The van der Waals surface area contributed by atoms with Crippen LogP contribution in [0.2, 0.25) is 0 Å². The lowest BCUT2D eigenvalue weighted by molar-refractivity contribution is 0.607. The van der Waals surface area contributed by atoms with E-state index in [2.05, 4.69) is 160 Å². The number of hydrogen-bond acceptors (Lipinski definition) is 3. The van der Waals surface area contributed by atoms with Crippen molar-refractivity contribution >= 4 is 35.3 Å². The molecule has 0 saturated carbocycles. The minimum Gasteiger partial charge on any atom is -0.157 e. The summed E-state index contributed by atoms with van der Waals surface area (Å²) < 4.78 is 0.758. The van der Waals surface area contributed by atoms with Crippen molar-refractivity contribution in [3.05, 3.63) is 97.2 Å². The average molecular weight is 1090 g/mol. The van der Waals surface area contributed by atoms with E-state index < -0.39 is 0 Å². The highest BCUT2D eigenvalue weighted by atomic mass is 32.2. The summed E-state index contributed by atoms with van der Waals surface area (Å²) in [5, 5.41) is 0.802. The maximum atomic E-state index is 2.45. The molecule has 0 bridgehead atoms. The topological polar surface area (TPSA) is 0 Å². The zero-order chi connectivity index (χ0) is 53.9. The fraction of sp³-hybridized carbons (Fsp3) is 0.778. The van der Waals surface area contributed by atoms with Crippen molar-refractivity contribution in [1.82, 2.24) is 0 Å². The predicted molar refractivity (Wildman–Crippen MR) is 358 cm³/mol. The van der Waals surface area contributed by atoms with Crippen LogP contribution >= 0.6 is 35.3 Å². The first-order valence-electron chi connectivity index (χ1n) is 33.3. The van der Waals surface area contributed by atoms with Crippen molar-refractivity contribution < 1.29 is 0 Å². The molecule has 0 aliphatic heterocycles. The number of hydrogen-bond donors (Lipinski definition) is 0. The van der Waals surface area contributed by atoms with E-state index >= 15 is 0 Å². The first-order chi connectivity index (χ1) is 37.3. The van der Waals surface area contributed by atoms with E-state index in [0.717, 1.165) is 35.5 Å². The van der Waals surface area contributed by atoms with Crippen LogP contribution in [0.25, 0.3) is 0 Å². The molecule has 0 nitrogen and oxygen atoms in total. The molecule has 3 heteroatoms. The molecule has 0 aliphatic carbocycles. The van der Waals surface area contributed by atoms with E-state index in [1.54, 1.807) is 0 Å². The third kappa shape index (κ3) is 63.7. The Balaban J connectivity index is 5.11. The molecule has 75 heavy (non-hydrogen) atoms. The van der Waals surface area contributed by atoms with Gasteiger partial charge >= 0.3 is 0 Å². The van der Waals surface area contributed by atoms with Crippen molar-refractivity contribution in [3.8, 4) is 0 Å². The van der Waals surface area contributed by atoms with E-state index in [1.807, 2.05) is 0 Å². The molecule has 0 aliphatic rings. The third-order valence-corrected chi connectivity index (χ3v) is 19.4. The maximum absolute atomic E-state index is 2.45. The minimum absolute atomic E-state index is 0.758. The zero-order valence-electron chi connectivity index (χ0n) is 51.0. The first kappa shape index (κ1) is 74.0. The fourth-order valence-electron chi connectivity index (χ4n) is 9.45. The van der Waals surface area contributed by atoms with Gasteiger partial charge in [0.15, 0.2) is 0 Å². The predicted octanol–water partition coefficient (Wildman–Crippen LogP) is 26.7. The highest BCUT2D eigenvalue weighted by molar-refractivity contribution is 8.18. The van der Waals surface area contributed by atoms with Crippen molar-refractivity contribution in [3.63, 3.8) is 0 Å². The fourth-order valence-corrected chi connectivity index (χ4v) is 14.4. The molecule has 0 spiro atoms. The van der Waals surface area contributed by atoms with Crippen LogP contribution in [0.5, 0.6) is 0 Å². The quantitative estimate of drug-likeness (QED) is 0.0338. The van der Waals surface area contributed by atoms with Gasteiger partial charge in [-0.05, 0) is 171 Å². The lowest BCUT2D eigenvalue weighted by Crippen LogP contribution is -2.19. The summed E-state index contributed by atoms with van der Waals surface area (Å²) >= 11 is 7.13. The Morgan fingerprint density at radius 2 is 0.427 bits per heavy atom. The molecule has 0 saturated heterocycles. The van der Waals surface area contributed by atoms with Crippen LogP contribution in [0.15, 0.2) is 97.2 Å². The van der Waals surface area contributed by atoms with Gasteiger partial charge in [-0.15, -0.1) is 23.5 Å². The van der Waals surface area contributed by atoms with Gasteiger partial charge < -0.3 is 0 Å². The van der Waals surface area contributed by atoms with Crippen LogP contribution in [-0.2, 0) is 0 Å². The van der Waals surface area contributed by atoms with Gasteiger partial charge in [-0.1, -0.05) is 273 Å². The van der Waals surface area contributed by atoms with Gasteiger partial charge in [0, 0.05) is 5.25 Å². The van der Waals surface area contributed by atoms with Gasteiger partial charge in [0.25, 0.3) is 0 Å². The Bertz CT molecular complexity index is 1250. The summed E-state index contributed by atoms with van der Waals surface area (Å²) in [6.07, 6.45) is 101. The van der Waals surface area contributed by atoms with Crippen LogP contribution in [0, 0.1) is 0 Å². The van der Waals surface area contributed by atoms with E-state index in [0.29, 0.717) is 0 Å². The van der Waals surface area contributed by atoms with Crippen molar-refractivity contribution in [2.75, 3.05) is 17.3 Å². The molecule has 1 unspecified atom stereocenters. The number of rotatable bonds is 62. The Kier molecular flexibility index (Phi) is 68.1. The van der Waals surface area contributed by atoms with Gasteiger partial charge in [-0.25, -0.2) is 0 Å². The molecular formula is C72H130S3. The Labute approximate surface area is 486 Å². The van der Waals surface area contributed by atoms with E-state index in [4.69, 9.17) is 0 Å². The van der Waals surface area contributed by atoms with Gasteiger partial charge in [-0.3, -0.25) is 0 Å². The first-order valence-corrected chi connectivity index (χ1v) is 36.5. The summed E-state index contributed by atoms with van der Waals surface area (Å²) in [6, 6.07) is 0. The maximum Gasteiger partial charge on any atom is 0.0620 e. The van der Waals surface area contributed by atoms with Gasteiger partial charge in [0.1, 0.15) is 0 Å². The molecule has 0 radical (unpaired) electrons. The van der Waals surface area contributed by atoms with Crippen molar-refractivity contribution in [1.29, 1.82) is 0 Å². The Morgan fingerprint density at radius 1 is 0.213 bits per heavy atom. The molecule has 0 heterocycles. The average Bonchev–Trinajstić information content (AvgIpc) is 3.42. The normalized spacial score (nSPS) is 13.1. The summed E-state index contributed by atoms with van der Waals surface area (Å²) in [4.78, 5) is 0. The molecule has 0 aromatic carbocycles. The molecule has 0 fully saturated rings. The Morgan fingerprint density at radius 3 is 0.693 bits per heavy atom. The lowest BCUT2D eigenvalue weighted by Gasteiger charge is -2.27. The smallest absolute Gasteiger partial charge is 0.0620 e. The molecule has 0 amide bonds. The molecule has 436 valence electrons. The highest BCUT2D eigenvalue weighted by Gasteiger charge is 2.22. The van der Waals surface area contributed by atoms with E-state index in [1.165, 1.54) is 293 Å². The van der Waals surface area contributed by atoms with E-state index in [9.17, 15) is 0 Å².